The van der Waals surface area contributed by atoms with Crippen LogP contribution in [0.4, 0.5) is 4.39 Å². The van der Waals surface area contributed by atoms with E-state index < -0.39 is 0 Å². The molecule has 15 heavy (non-hydrogen) atoms. The lowest BCUT2D eigenvalue weighted by Gasteiger charge is -1.88. The zero-order valence-electron chi connectivity index (χ0n) is 8.49. The van der Waals surface area contributed by atoms with Crippen LogP contribution in [0.25, 0.3) is 16.0 Å². The van der Waals surface area contributed by atoms with Crippen molar-refractivity contribution in [2.24, 2.45) is 7.05 Å². The number of aryl methyl sites for hydroxylation is 2. The third kappa shape index (κ3) is 1.05. The molecule has 1 aromatic carbocycles. The monoisotopic (exact) mass is 221 g/mol. The van der Waals surface area contributed by atoms with Gasteiger partial charge in [0, 0.05) is 11.4 Å². The summed E-state index contributed by atoms with van der Waals surface area (Å²) in [5, 5.41) is 2.08. The molecule has 0 aliphatic carbocycles. The summed E-state index contributed by atoms with van der Waals surface area (Å²) in [6, 6.07) is 4.91. The zero-order valence-corrected chi connectivity index (χ0v) is 9.31. The Morgan fingerprint density at radius 3 is 3.00 bits per heavy atom. The molecule has 0 aliphatic rings. The van der Waals surface area contributed by atoms with E-state index in [9.17, 15) is 4.39 Å². The van der Waals surface area contributed by atoms with E-state index in [1.807, 2.05) is 20.0 Å². The third-order valence-electron chi connectivity index (χ3n) is 2.71. The molecule has 2 heterocycles. The lowest BCUT2D eigenvalue weighted by Crippen LogP contribution is -2.25. The van der Waals surface area contributed by atoms with Crippen molar-refractivity contribution in [2.45, 2.75) is 6.92 Å². The van der Waals surface area contributed by atoms with Gasteiger partial charge < -0.3 is 0 Å². The Morgan fingerprint density at radius 1 is 1.40 bits per heavy atom. The van der Waals surface area contributed by atoms with Crippen molar-refractivity contribution in [1.82, 2.24) is 4.40 Å². The first kappa shape index (κ1) is 8.85. The predicted molar refractivity (Wildman–Crippen MR) is 58.7 cm³/mol. The number of hydrogen-bond donors (Lipinski definition) is 0. The molecule has 0 saturated heterocycles. The van der Waals surface area contributed by atoms with Crippen LogP contribution >= 0.6 is 11.3 Å². The van der Waals surface area contributed by atoms with Crippen LogP contribution in [-0.2, 0) is 7.05 Å². The van der Waals surface area contributed by atoms with Crippen LogP contribution in [-0.4, -0.2) is 4.40 Å². The van der Waals surface area contributed by atoms with Crippen molar-refractivity contribution in [3.05, 3.63) is 35.1 Å². The first-order valence-electron chi connectivity index (χ1n) is 4.72. The minimum Gasteiger partial charge on any atom is -0.216 e. The van der Waals surface area contributed by atoms with Crippen molar-refractivity contribution in [1.29, 1.82) is 0 Å². The van der Waals surface area contributed by atoms with Crippen molar-refractivity contribution in [2.75, 3.05) is 0 Å². The van der Waals surface area contributed by atoms with Gasteiger partial charge in [-0.3, -0.25) is 0 Å². The van der Waals surface area contributed by atoms with E-state index in [-0.39, 0.29) is 5.82 Å². The Balaban J connectivity index is 2.65. The highest BCUT2D eigenvalue weighted by atomic mass is 32.1. The van der Waals surface area contributed by atoms with Gasteiger partial charge in [0.2, 0.25) is 0 Å². The van der Waals surface area contributed by atoms with E-state index in [4.69, 9.17) is 0 Å². The lowest BCUT2D eigenvalue weighted by molar-refractivity contribution is -0.616. The van der Waals surface area contributed by atoms with Crippen LogP contribution in [0.2, 0.25) is 0 Å². The van der Waals surface area contributed by atoms with Crippen LogP contribution in [0.3, 0.4) is 0 Å². The maximum absolute atomic E-state index is 13.2. The summed E-state index contributed by atoms with van der Waals surface area (Å²) in [6.07, 6.45) is 0. The molecular weight excluding hydrogens is 211 g/mol. The number of imidazole rings is 1. The van der Waals surface area contributed by atoms with Crippen molar-refractivity contribution >= 4 is 27.3 Å². The molecule has 76 valence electrons. The van der Waals surface area contributed by atoms with Gasteiger partial charge in [0.15, 0.2) is 11.0 Å². The molecule has 0 amide bonds. The molecule has 0 spiro atoms. The fourth-order valence-electron chi connectivity index (χ4n) is 1.98. The van der Waals surface area contributed by atoms with E-state index >= 15 is 0 Å². The van der Waals surface area contributed by atoms with Crippen LogP contribution in [0.5, 0.6) is 0 Å². The number of hydrogen-bond acceptors (Lipinski definition) is 1. The number of halogens is 1. The average molecular weight is 221 g/mol. The van der Waals surface area contributed by atoms with Gasteiger partial charge >= 0.3 is 4.96 Å². The maximum Gasteiger partial charge on any atom is 0.346 e. The molecule has 0 N–H and O–H groups in total. The summed E-state index contributed by atoms with van der Waals surface area (Å²) >= 11 is 1.68. The molecule has 2 nitrogen and oxygen atoms in total. The molecule has 0 bridgehead atoms. The Morgan fingerprint density at radius 2 is 2.20 bits per heavy atom. The first-order chi connectivity index (χ1) is 7.18. The Kier molecular flexibility index (Phi) is 1.65. The smallest absolute Gasteiger partial charge is 0.216 e. The quantitative estimate of drug-likeness (QED) is 0.515. The Bertz CT molecular complexity index is 666. The molecule has 0 aliphatic heterocycles. The van der Waals surface area contributed by atoms with Crippen LogP contribution in [0.1, 0.15) is 5.69 Å². The summed E-state index contributed by atoms with van der Waals surface area (Å²) in [6.45, 7) is 2.04. The molecular formula is C11H10FN2S+. The van der Waals surface area contributed by atoms with E-state index in [0.717, 1.165) is 21.7 Å². The van der Waals surface area contributed by atoms with Gasteiger partial charge in [0.25, 0.3) is 0 Å². The van der Waals surface area contributed by atoms with E-state index in [2.05, 4.69) is 14.3 Å². The van der Waals surface area contributed by atoms with Crippen molar-refractivity contribution in [3.8, 4) is 0 Å². The van der Waals surface area contributed by atoms with Gasteiger partial charge in [0.1, 0.15) is 11.5 Å². The normalized spacial score (nSPS) is 11.7. The number of benzene rings is 1. The Hall–Kier alpha value is -1.42. The van der Waals surface area contributed by atoms with Gasteiger partial charge in [-0.15, -0.1) is 0 Å². The topological polar surface area (TPSA) is 8.29 Å². The molecule has 0 radical (unpaired) electrons. The number of rotatable bonds is 0. The number of fused-ring (bicyclic) bond motifs is 3. The average Bonchev–Trinajstić information content (AvgIpc) is 2.70. The van der Waals surface area contributed by atoms with Gasteiger partial charge in [-0.2, -0.15) is 4.40 Å². The van der Waals surface area contributed by atoms with Crippen LogP contribution in [0, 0.1) is 12.7 Å². The fraction of sp³-hybridized carbons (Fsp3) is 0.182. The number of thiazole rings is 1. The molecule has 0 saturated carbocycles. The highest BCUT2D eigenvalue weighted by Gasteiger charge is 2.19. The fourth-order valence-corrected chi connectivity index (χ4v) is 2.96. The maximum atomic E-state index is 13.2. The number of nitrogens with zero attached hydrogens (tertiary/aromatic N) is 2. The largest absolute Gasteiger partial charge is 0.346 e. The summed E-state index contributed by atoms with van der Waals surface area (Å²) in [7, 11) is 2.01. The summed E-state index contributed by atoms with van der Waals surface area (Å²) in [5.74, 6) is -0.187. The van der Waals surface area contributed by atoms with E-state index in [1.165, 1.54) is 6.07 Å². The highest BCUT2D eigenvalue weighted by Crippen LogP contribution is 2.21. The van der Waals surface area contributed by atoms with Crippen molar-refractivity contribution < 1.29 is 8.96 Å². The second-order valence-electron chi connectivity index (χ2n) is 3.69. The van der Waals surface area contributed by atoms with E-state index in [1.54, 1.807) is 17.4 Å². The highest BCUT2D eigenvalue weighted by molar-refractivity contribution is 7.14. The number of aromatic nitrogens is 2. The molecule has 2 aromatic heterocycles. The molecule has 4 heteroatoms. The summed E-state index contributed by atoms with van der Waals surface area (Å²) in [4.78, 5) is 1.13. The molecule has 0 atom stereocenters. The summed E-state index contributed by atoms with van der Waals surface area (Å²) < 4.78 is 17.4. The van der Waals surface area contributed by atoms with Gasteiger partial charge in [-0.05, 0) is 19.1 Å². The molecule has 0 unspecified atom stereocenters. The van der Waals surface area contributed by atoms with E-state index in [0.29, 0.717) is 0 Å². The second kappa shape index (κ2) is 2.79. The summed E-state index contributed by atoms with van der Waals surface area (Å²) in [5.41, 5.74) is 3.14. The van der Waals surface area contributed by atoms with Crippen LogP contribution in [0.15, 0.2) is 23.6 Å². The minimum absolute atomic E-state index is 0.187. The minimum atomic E-state index is -0.187. The second-order valence-corrected chi connectivity index (χ2v) is 4.52. The van der Waals surface area contributed by atoms with Gasteiger partial charge in [-0.1, -0.05) is 11.3 Å². The lowest BCUT2D eigenvalue weighted by atomic mass is 10.3. The van der Waals surface area contributed by atoms with Gasteiger partial charge in [-0.25, -0.2) is 8.96 Å². The zero-order chi connectivity index (χ0) is 10.6. The van der Waals surface area contributed by atoms with Crippen molar-refractivity contribution in [3.63, 3.8) is 0 Å². The van der Waals surface area contributed by atoms with Crippen LogP contribution < -0.4 is 4.57 Å². The Labute approximate surface area is 90.2 Å². The molecule has 3 aromatic rings. The third-order valence-corrected chi connectivity index (χ3v) is 3.83. The standard InChI is InChI=1S/C11H10FN2S/c1-7-6-15-11-13(2)9-4-3-8(12)5-10(9)14(7)11/h3-6H,1-2H3/q+1. The molecule has 3 rings (SSSR count). The predicted octanol–water partition coefficient (Wildman–Crippen LogP) is 2.43. The SMILES string of the molecule is Cc1csc2n1c1cc(F)ccc1[n+]2C. The molecule has 0 fully saturated rings. The van der Waals surface area contributed by atoms with Gasteiger partial charge in [0.05, 0.1) is 7.05 Å². The first-order valence-corrected chi connectivity index (χ1v) is 5.60.